The number of rotatable bonds is 4. The van der Waals surface area contributed by atoms with Crippen LogP contribution in [0.3, 0.4) is 0 Å². The summed E-state index contributed by atoms with van der Waals surface area (Å²) in [4.78, 5) is 3.97. The second-order valence-electron chi connectivity index (χ2n) is 3.82. The van der Waals surface area contributed by atoms with Gasteiger partial charge in [-0.3, -0.25) is 4.98 Å². The van der Waals surface area contributed by atoms with E-state index < -0.39 is 0 Å². The minimum absolute atomic E-state index is 0.606. The Balaban J connectivity index is 2.41. The molecule has 0 unspecified atom stereocenters. The molecule has 0 fully saturated rings. The van der Waals surface area contributed by atoms with E-state index >= 15 is 0 Å². The van der Waals surface area contributed by atoms with Crippen LogP contribution in [0.15, 0.2) is 42.9 Å². The number of nitrogens with zero attached hydrogens (tertiary/aromatic N) is 4. The Labute approximate surface area is 111 Å². The van der Waals surface area contributed by atoms with Gasteiger partial charge in [0.2, 0.25) is 0 Å². The second kappa shape index (κ2) is 5.81. The number of aromatic nitrogens is 4. The van der Waals surface area contributed by atoms with E-state index in [1.54, 1.807) is 12.4 Å². The predicted octanol–water partition coefficient (Wildman–Crippen LogP) is 1.19. The van der Waals surface area contributed by atoms with Crippen molar-refractivity contribution in [3.8, 4) is 11.4 Å². The molecule has 0 saturated heterocycles. The van der Waals surface area contributed by atoms with Crippen molar-refractivity contribution in [3.63, 3.8) is 0 Å². The Bertz CT molecular complexity index is 597. The lowest BCUT2D eigenvalue weighted by Crippen LogP contribution is -2.13. The summed E-state index contributed by atoms with van der Waals surface area (Å²) < 4.78 is 1.48. The van der Waals surface area contributed by atoms with Crippen molar-refractivity contribution < 1.29 is 0 Å². The van der Waals surface area contributed by atoms with Crippen LogP contribution in [0.1, 0.15) is 12.7 Å². The Morgan fingerprint density at radius 3 is 2.68 bits per heavy atom. The fourth-order valence-corrected chi connectivity index (χ4v) is 1.66. The maximum Gasteiger partial charge on any atom is 0.182 e. The molecule has 0 aliphatic heterocycles. The van der Waals surface area contributed by atoms with E-state index in [0.29, 0.717) is 11.6 Å². The molecule has 2 heterocycles. The molecule has 0 bridgehead atoms. The molecule has 0 aromatic carbocycles. The van der Waals surface area contributed by atoms with Gasteiger partial charge < -0.3 is 11.2 Å². The number of hydrogen-bond acceptors (Lipinski definition) is 5. The minimum atomic E-state index is 0.606. The highest BCUT2D eigenvalue weighted by Crippen LogP contribution is 2.19. The Morgan fingerprint density at radius 1 is 1.32 bits per heavy atom. The molecule has 0 amide bonds. The van der Waals surface area contributed by atoms with Gasteiger partial charge in [0, 0.05) is 30.6 Å². The lowest BCUT2D eigenvalue weighted by atomic mass is 10.2. The van der Waals surface area contributed by atoms with Crippen LogP contribution < -0.4 is 11.2 Å². The number of pyridine rings is 1. The molecular weight excluding hydrogens is 240 g/mol. The fraction of sp³-hybridized carbons (Fsp3) is 0.154. The maximum absolute atomic E-state index is 6.06. The van der Waals surface area contributed by atoms with Gasteiger partial charge in [0.1, 0.15) is 0 Å². The fourth-order valence-electron chi connectivity index (χ4n) is 1.66. The summed E-state index contributed by atoms with van der Waals surface area (Å²) in [6.07, 6.45) is 9.03. The molecule has 2 aromatic rings. The van der Waals surface area contributed by atoms with Gasteiger partial charge >= 0.3 is 0 Å². The molecule has 0 spiro atoms. The molecule has 3 N–H and O–H groups in total. The third-order valence-corrected chi connectivity index (χ3v) is 2.63. The summed E-state index contributed by atoms with van der Waals surface area (Å²) in [6.45, 7) is 1.93. The van der Waals surface area contributed by atoms with Gasteiger partial charge in [0.15, 0.2) is 11.6 Å². The second-order valence-corrected chi connectivity index (χ2v) is 3.82. The highest BCUT2D eigenvalue weighted by molar-refractivity contribution is 5.71. The van der Waals surface area contributed by atoms with Crippen molar-refractivity contribution in [1.29, 1.82) is 0 Å². The molecular formula is C13H16N6. The topological polar surface area (TPSA) is 81.7 Å². The maximum atomic E-state index is 6.06. The van der Waals surface area contributed by atoms with Crippen molar-refractivity contribution in [2.24, 2.45) is 0 Å². The standard InChI is InChI=1S/C13H16N6/c1-3-10(4-7-15-2)12-17-18-13(19(12)14)11-5-8-16-9-6-11/h3-9,15H,14H2,1-2H3/b7-4-,10-3+. The molecule has 6 heteroatoms. The summed E-state index contributed by atoms with van der Waals surface area (Å²) >= 11 is 0. The molecule has 2 rings (SSSR count). The molecule has 2 aromatic heterocycles. The van der Waals surface area contributed by atoms with Crippen molar-refractivity contribution in [2.45, 2.75) is 6.92 Å². The number of allylic oxidation sites excluding steroid dienone is 3. The summed E-state index contributed by atoms with van der Waals surface area (Å²) in [5.41, 5.74) is 1.77. The molecule has 0 aliphatic carbocycles. The quantitative estimate of drug-likeness (QED) is 0.634. The molecule has 0 aliphatic rings. The van der Waals surface area contributed by atoms with Gasteiger partial charge in [0.05, 0.1) is 0 Å². The molecule has 0 radical (unpaired) electrons. The monoisotopic (exact) mass is 256 g/mol. The van der Waals surface area contributed by atoms with Crippen LogP contribution in [0, 0.1) is 0 Å². The summed E-state index contributed by atoms with van der Waals surface area (Å²) in [6, 6.07) is 3.69. The zero-order valence-corrected chi connectivity index (χ0v) is 10.9. The van der Waals surface area contributed by atoms with E-state index in [2.05, 4.69) is 20.5 Å². The predicted molar refractivity (Wildman–Crippen MR) is 75.3 cm³/mol. The van der Waals surface area contributed by atoms with Crippen molar-refractivity contribution in [3.05, 3.63) is 48.7 Å². The Kier molecular flexibility index (Phi) is 3.92. The normalized spacial score (nSPS) is 12.0. The first kappa shape index (κ1) is 12.8. The number of nitrogen functional groups attached to an aromatic ring is 1. The lowest BCUT2D eigenvalue weighted by molar-refractivity contribution is 0.977. The van der Waals surface area contributed by atoms with E-state index in [1.807, 2.05) is 44.5 Å². The first-order valence-electron chi connectivity index (χ1n) is 5.89. The Hall–Kier alpha value is -2.63. The highest BCUT2D eigenvalue weighted by atomic mass is 15.4. The smallest absolute Gasteiger partial charge is 0.182 e. The van der Waals surface area contributed by atoms with Crippen LogP contribution in [0.2, 0.25) is 0 Å². The zero-order valence-electron chi connectivity index (χ0n) is 10.9. The van der Waals surface area contributed by atoms with Gasteiger partial charge in [-0.1, -0.05) is 6.08 Å². The summed E-state index contributed by atoms with van der Waals surface area (Å²) in [7, 11) is 1.83. The van der Waals surface area contributed by atoms with Crippen molar-refractivity contribution in [2.75, 3.05) is 12.9 Å². The molecule has 0 saturated carbocycles. The Morgan fingerprint density at radius 2 is 2.05 bits per heavy atom. The van der Waals surface area contributed by atoms with Crippen LogP contribution in [-0.2, 0) is 0 Å². The number of nitrogens with one attached hydrogen (secondary N) is 1. The third kappa shape index (κ3) is 2.62. The summed E-state index contributed by atoms with van der Waals surface area (Å²) in [5.74, 6) is 7.28. The minimum Gasteiger partial charge on any atom is -0.394 e. The van der Waals surface area contributed by atoms with E-state index in [-0.39, 0.29) is 0 Å². The van der Waals surface area contributed by atoms with Crippen LogP contribution in [0.5, 0.6) is 0 Å². The third-order valence-electron chi connectivity index (χ3n) is 2.63. The lowest BCUT2D eigenvalue weighted by Gasteiger charge is -2.04. The van der Waals surface area contributed by atoms with Crippen molar-refractivity contribution in [1.82, 2.24) is 25.2 Å². The average Bonchev–Trinajstić information content (AvgIpc) is 2.83. The SMILES string of the molecule is C/C=C(\C=C/NC)c1nnc(-c2ccncc2)n1N. The van der Waals surface area contributed by atoms with Crippen LogP contribution in [0.4, 0.5) is 0 Å². The zero-order chi connectivity index (χ0) is 13.7. The van der Waals surface area contributed by atoms with E-state index in [9.17, 15) is 0 Å². The molecule has 98 valence electrons. The molecule has 19 heavy (non-hydrogen) atoms. The first-order valence-corrected chi connectivity index (χ1v) is 5.89. The molecule has 0 atom stereocenters. The largest absolute Gasteiger partial charge is 0.394 e. The van der Waals surface area contributed by atoms with Crippen LogP contribution in [-0.4, -0.2) is 26.9 Å². The van der Waals surface area contributed by atoms with E-state index in [0.717, 1.165) is 11.1 Å². The van der Waals surface area contributed by atoms with Crippen LogP contribution >= 0.6 is 0 Å². The number of hydrogen-bond donors (Lipinski definition) is 2. The summed E-state index contributed by atoms with van der Waals surface area (Å²) in [5, 5.41) is 11.2. The number of nitrogens with two attached hydrogens (primary N) is 1. The van der Waals surface area contributed by atoms with E-state index in [1.165, 1.54) is 4.68 Å². The highest BCUT2D eigenvalue weighted by Gasteiger charge is 2.13. The molecule has 6 nitrogen and oxygen atoms in total. The van der Waals surface area contributed by atoms with Crippen LogP contribution in [0.25, 0.3) is 17.0 Å². The van der Waals surface area contributed by atoms with E-state index in [4.69, 9.17) is 5.84 Å². The average molecular weight is 256 g/mol. The van der Waals surface area contributed by atoms with Gasteiger partial charge in [-0.15, -0.1) is 10.2 Å². The van der Waals surface area contributed by atoms with Gasteiger partial charge in [-0.05, 0) is 31.3 Å². The van der Waals surface area contributed by atoms with Gasteiger partial charge in [-0.25, -0.2) is 4.68 Å². The van der Waals surface area contributed by atoms with Gasteiger partial charge in [0.25, 0.3) is 0 Å². The van der Waals surface area contributed by atoms with Crippen molar-refractivity contribution >= 4 is 5.57 Å². The first-order chi connectivity index (χ1) is 9.27. The van der Waals surface area contributed by atoms with Gasteiger partial charge in [-0.2, -0.15) is 0 Å².